The first kappa shape index (κ1) is 112. The molecule has 11 amide bonds. The average molecular weight is 1990 g/mol. The maximum atomic E-state index is 14.6. The van der Waals surface area contributed by atoms with E-state index >= 15 is 0 Å². The highest BCUT2D eigenvalue weighted by atomic mass is 35.5. The van der Waals surface area contributed by atoms with Gasteiger partial charge in [-0.05, 0) is 159 Å². The van der Waals surface area contributed by atoms with E-state index in [1.54, 1.807) is 114 Å². The minimum Gasteiger partial charge on any atom is -0.495 e. The first-order chi connectivity index (χ1) is 65.6. The number of alkyl carbamates (subject to hydrolysis) is 3. The van der Waals surface area contributed by atoms with Crippen LogP contribution in [-0.2, 0) is 110 Å². The van der Waals surface area contributed by atoms with Crippen molar-refractivity contribution in [1.82, 2.24) is 41.7 Å². The number of nitrogens with zero attached hydrogens (tertiary/aromatic N) is 4. The number of nitrogens with one attached hydrogen (secondary N) is 7. The minimum atomic E-state index is -1.93. The maximum absolute atomic E-state index is 14.6. The van der Waals surface area contributed by atoms with Crippen molar-refractivity contribution < 1.29 is 125 Å². The number of ether oxygens (including phenoxy) is 11. The Hall–Kier alpha value is -11.0. The fourth-order valence-electron chi connectivity index (χ4n) is 17.4. The van der Waals surface area contributed by atoms with Gasteiger partial charge in [-0.1, -0.05) is 123 Å². The van der Waals surface area contributed by atoms with E-state index in [2.05, 4.69) is 37.2 Å². The second-order valence-corrected chi connectivity index (χ2v) is 38.6. The number of hydrogen-bond donors (Lipinski definition) is 10. The van der Waals surface area contributed by atoms with Crippen molar-refractivity contribution in [1.29, 1.82) is 0 Å². The Balaban J connectivity index is 0.766. The lowest BCUT2D eigenvalue weighted by Crippen LogP contribution is -2.63. The molecule has 9 rings (SSSR count). The number of anilines is 3. The van der Waals surface area contributed by atoms with Gasteiger partial charge in [-0.3, -0.25) is 49.0 Å². The summed E-state index contributed by atoms with van der Waals surface area (Å²) in [4.78, 5) is 183. The molecule has 3 aromatic carbocycles. The summed E-state index contributed by atoms with van der Waals surface area (Å²) in [5, 5.41) is 43.2. The number of esters is 2. The van der Waals surface area contributed by atoms with Gasteiger partial charge in [0.2, 0.25) is 47.3 Å². The molecule has 18 atom stereocenters. The zero-order chi connectivity index (χ0) is 102. The van der Waals surface area contributed by atoms with Crippen LogP contribution in [0.25, 0.3) is 0 Å². The molecule has 6 aliphatic rings. The standard InChI is InChI=1S/C99H140Cl2N12O26/c1-55(2)86(102)90(121)105-60(7)89(120)106-66-36-34-63(35-37-66)54-133-93(124)107-67(38-40-78(114)103-42-24-20-22-32-80(116)110(12)61(8)91(122)136-76-50-82(118)112(14)68-46-64(48-70(129-16)84(68)100)44-56(3)28-26-30-74(131-18)98(127)52-72(134-94(125)108-98)58(5)87-96(76,10)138-87)39-41-79(115)104-43-25-21-23-33-81(117)111(13)62(9)92(123)137-77-51-83(119)113(15)69-47-65(49-71(130-17)85(69)101)45-57(4)29-27-31-75(132-19)99(128)53-73(135-95(126)109-99)59(6)88-97(77,11)139-88/h26-31,34-37,46-49,55,58-62,67,72-77,86-88,127-128H,20-25,32-33,38-45,50-54,102H2,1-19H3,(H,103,114)(H,104,115)(H,105,121)(H,106,120)(H,107,124)(H,108,125)(H,109,126)/b30-26+,31-27+,56-28+,57-29+/t58-,59-,60+,61+,62+,67?,72?,73?,74-,75-,76+,77+,86+,87?,88?,96+,97+,98+,99+/m1/s1. The normalized spacial score (nSPS) is 27.2. The number of fused-ring (bicyclic) bond motifs is 10. The van der Waals surface area contributed by atoms with Gasteiger partial charge in [-0.2, -0.15) is 0 Å². The number of aliphatic hydroxyl groups is 2. The van der Waals surface area contributed by atoms with E-state index in [1.807, 2.05) is 26.0 Å². The number of carbonyl (C=O) groups is 13. The summed E-state index contributed by atoms with van der Waals surface area (Å²) in [5.74, 6) is -6.02. The second-order valence-electron chi connectivity index (χ2n) is 37.8. The van der Waals surface area contributed by atoms with Gasteiger partial charge in [0.05, 0.1) is 56.7 Å². The summed E-state index contributed by atoms with van der Waals surface area (Å²) in [6, 6.07) is 8.68. The molecule has 0 spiro atoms. The van der Waals surface area contributed by atoms with E-state index in [4.69, 9.17) is 81.0 Å². The molecule has 0 saturated carbocycles. The van der Waals surface area contributed by atoms with Crippen molar-refractivity contribution in [3.05, 3.63) is 123 Å². The van der Waals surface area contributed by atoms with Crippen molar-refractivity contribution in [2.45, 2.75) is 300 Å². The molecule has 4 fully saturated rings. The Kier molecular flexibility index (Phi) is 40.1. The number of hydrogen-bond acceptors (Lipinski definition) is 27. The topological polar surface area (TPSA) is 494 Å². The van der Waals surface area contributed by atoms with E-state index in [9.17, 15) is 72.5 Å². The Bertz CT molecular complexity index is 4790. The molecular weight excluding hydrogens is 1840 g/mol. The first-order valence-corrected chi connectivity index (χ1v) is 48.0. The third-order valence-electron chi connectivity index (χ3n) is 27.0. The molecule has 6 aliphatic heterocycles. The number of epoxide rings is 2. The number of unbranched alkanes of at least 4 members (excludes halogenated alkanes) is 4. The van der Waals surface area contributed by atoms with Crippen LogP contribution in [0.1, 0.15) is 196 Å². The van der Waals surface area contributed by atoms with Crippen LogP contribution < -0.4 is 62.2 Å². The summed E-state index contributed by atoms with van der Waals surface area (Å²) < 4.78 is 65.0. The number of amides is 11. The summed E-state index contributed by atoms with van der Waals surface area (Å²) >= 11 is 13.8. The second kappa shape index (κ2) is 49.9. The molecule has 4 saturated heterocycles. The quantitative estimate of drug-likeness (QED) is 0.0112. The molecule has 8 bridgehead atoms. The summed E-state index contributed by atoms with van der Waals surface area (Å²) in [7, 11) is 11.7. The van der Waals surface area contributed by atoms with Crippen LogP contribution in [0.2, 0.25) is 10.0 Å². The Morgan fingerprint density at radius 1 is 0.590 bits per heavy atom. The predicted molar refractivity (Wildman–Crippen MR) is 516 cm³/mol. The molecule has 0 radical (unpaired) electrons. The van der Waals surface area contributed by atoms with Crippen molar-refractivity contribution in [3.63, 3.8) is 0 Å². The van der Waals surface area contributed by atoms with Gasteiger partial charge in [0.1, 0.15) is 94.1 Å². The van der Waals surface area contributed by atoms with Gasteiger partial charge in [0, 0.05) is 118 Å². The van der Waals surface area contributed by atoms with E-state index < -0.39 is 192 Å². The van der Waals surface area contributed by atoms with Gasteiger partial charge in [0.25, 0.3) is 0 Å². The Labute approximate surface area is 822 Å². The van der Waals surface area contributed by atoms with Crippen LogP contribution in [0.4, 0.5) is 31.4 Å². The molecular formula is C99H140Cl2N12O26. The van der Waals surface area contributed by atoms with Crippen LogP contribution >= 0.6 is 23.2 Å². The fraction of sp³-hybridized carbons (Fsp3) is 0.606. The molecule has 766 valence electrons. The number of benzene rings is 3. The lowest BCUT2D eigenvalue weighted by atomic mass is 9.83. The molecule has 0 aromatic heterocycles. The van der Waals surface area contributed by atoms with Gasteiger partial charge in [-0.25, -0.2) is 24.0 Å². The van der Waals surface area contributed by atoms with E-state index in [1.165, 1.54) is 97.0 Å². The highest BCUT2D eigenvalue weighted by molar-refractivity contribution is 6.36. The monoisotopic (exact) mass is 1980 g/mol. The number of likely N-dealkylation sites (N-methyl/N-ethyl adjacent to an activating group) is 2. The van der Waals surface area contributed by atoms with Crippen molar-refractivity contribution in [3.8, 4) is 11.5 Å². The molecule has 139 heavy (non-hydrogen) atoms. The lowest BCUT2D eigenvalue weighted by Gasteiger charge is -2.42. The van der Waals surface area contributed by atoms with Gasteiger partial charge < -0.3 is 114 Å². The highest BCUT2D eigenvalue weighted by Crippen LogP contribution is 2.52. The van der Waals surface area contributed by atoms with Crippen LogP contribution in [0.3, 0.4) is 0 Å². The molecule has 40 heteroatoms. The molecule has 6 heterocycles. The van der Waals surface area contributed by atoms with E-state index in [-0.39, 0.29) is 98.8 Å². The van der Waals surface area contributed by atoms with Crippen LogP contribution in [0.5, 0.6) is 11.5 Å². The average Bonchev–Trinajstić information content (AvgIpc) is 1.57. The SMILES string of the molecule is COc1cc2cc(c1Cl)N(C)C(=O)C[C@H](OC(=O)[C@H](C)N(C)C(=O)CCCCCNC(=O)CCC(CCC(=O)NCCCCCC(=O)N(C)[C@@H](C)C(=O)O[C@H]1CC(=O)N(C)c3cc(cc(OC)c3Cl)C/C(C)=C/C=C/[C@@H](OC)[C@@]3(O)CC(OC(=O)N3)[C@@H](C)C3O[C@]31C)NC(=O)OCc1ccc(NC(=O)[C@H](C)NC(=O)[C@@H](N)C(C)C)cc1)[C@]1(C)OC1[C@H](C)C1C[C@@](O)(NC(=O)O1)[C@H](OC)/C=C/C=C(\C)C2. The van der Waals surface area contributed by atoms with Crippen molar-refractivity contribution in [2.75, 3.05) is 84.8 Å². The fourth-order valence-corrected chi connectivity index (χ4v) is 18.1. The Morgan fingerprint density at radius 2 is 1.01 bits per heavy atom. The highest BCUT2D eigenvalue weighted by Gasteiger charge is 2.66. The summed E-state index contributed by atoms with van der Waals surface area (Å²) in [6.07, 6.45) is 1.89. The number of allylic oxidation sites excluding steroid dienone is 6. The number of methoxy groups -OCH3 is 4. The minimum absolute atomic E-state index is 0.0111. The molecule has 3 aromatic rings. The summed E-state index contributed by atoms with van der Waals surface area (Å²) in [5.41, 5.74) is 4.21. The van der Waals surface area contributed by atoms with Gasteiger partial charge in [-0.15, -0.1) is 0 Å². The van der Waals surface area contributed by atoms with E-state index in [0.29, 0.717) is 85.5 Å². The smallest absolute Gasteiger partial charge is 0.409 e. The number of carbonyl (C=O) groups excluding carboxylic acids is 13. The molecule has 38 nitrogen and oxygen atoms in total. The predicted octanol–water partition coefficient (Wildman–Crippen LogP) is 9.68. The molecule has 4 unspecified atom stereocenters. The van der Waals surface area contributed by atoms with Gasteiger partial charge in [0.15, 0.2) is 11.4 Å². The van der Waals surface area contributed by atoms with Crippen LogP contribution in [-0.4, -0.2) is 269 Å². The maximum Gasteiger partial charge on any atom is 0.409 e. The van der Waals surface area contributed by atoms with Crippen LogP contribution in [0, 0.1) is 17.8 Å². The number of halogens is 2. The van der Waals surface area contributed by atoms with Crippen molar-refractivity contribution >= 4 is 118 Å². The van der Waals surface area contributed by atoms with Crippen molar-refractivity contribution in [2.24, 2.45) is 23.5 Å². The number of rotatable bonds is 36. The lowest BCUT2D eigenvalue weighted by molar-refractivity contribution is -0.162. The van der Waals surface area contributed by atoms with E-state index in [0.717, 1.165) is 22.3 Å². The largest absolute Gasteiger partial charge is 0.495 e. The number of nitrogens with two attached hydrogens (primary N) is 1. The van der Waals surface area contributed by atoms with Gasteiger partial charge >= 0.3 is 30.2 Å². The van der Waals surface area contributed by atoms with Crippen LogP contribution in [0.15, 0.2) is 96.1 Å². The zero-order valence-electron chi connectivity index (χ0n) is 83.0. The summed E-state index contributed by atoms with van der Waals surface area (Å²) in [6.45, 7) is 19.0. The molecule has 0 aliphatic carbocycles. The Morgan fingerprint density at radius 3 is 1.40 bits per heavy atom. The molecule has 11 N–H and O–H groups in total. The third-order valence-corrected chi connectivity index (χ3v) is 27.7. The first-order valence-electron chi connectivity index (χ1n) is 47.2. The third kappa shape index (κ3) is 29.8. The zero-order valence-corrected chi connectivity index (χ0v) is 84.5.